The van der Waals surface area contributed by atoms with Gasteiger partial charge in [0.25, 0.3) is 5.91 Å². The molecule has 6 heteroatoms. The Labute approximate surface area is 133 Å². The monoisotopic (exact) mass is 356 g/mol. The average molecular weight is 357 g/mol. The van der Waals surface area contributed by atoms with Crippen LogP contribution in [0, 0.1) is 0 Å². The number of ether oxygens (including phenoxy) is 2. The molecule has 2 rings (SSSR count). The van der Waals surface area contributed by atoms with E-state index < -0.39 is 0 Å². The third-order valence-corrected chi connectivity index (χ3v) is 4.48. The van der Waals surface area contributed by atoms with Crippen LogP contribution in [0.2, 0.25) is 0 Å². The highest BCUT2D eigenvalue weighted by molar-refractivity contribution is 9.10. The number of rotatable bonds is 3. The van der Waals surface area contributed by atoms with Crippen molar-refractivity contribution in [1.29, 1.82) is 0 Å². The lowest BCUT2D eigenvalue weighted by Gasteiger charge is -2.21. The van der Waals surface area contributed by atoms with Crippen LogP contribution in [0.1, 0.15) is 16.8 Å². The Kier molecular flexibility index (Phi) is 5.47. The quantitative estimate of drug-likeness (QED) is 0.832. The van der Waals surface area contributed by atoms with Crippen molar-refractivity contribution >= 4 is 21.8 Å². The van der Waals surface area contributed by atoms with Crippen molar-refractivity contribution in [1.82, 2.24) is 9.80 Å². The fraction of sp³-hybridized carbons (Fsp3) is 0.533. The van der Waals surface area contributed by atoms with Gasteiger partial charge in [0.1, 0.15) is 16.0 Å². The van der Waals surface area contributed by atoms with E-state index in [4.69, 9.17) is 9.47 Å². The Bertz CT molecular complexity index is 497. The van der Waals surface area contributed by atoms with Crippen molar-refractivity contribution in [3.8, 4) is 11.5 Å². The van der Waals surface area contributed by atoms with E-state index in [1.165, 1.54) is 0 Å². The molecule has 1 aliphatic rings. The Balaban J connectivity index is 2.26. The van der Waals surface area contributed by atoms with Gasteiger partial charge in [-0.2, -0.15) is 0 Å². The van der Waals surface area contributed by atoms with Crippen molar-refractivity contribution in [2.45, 2.75) is 6.42 Å². The van der Waals surface area contributed by atoms with Crippen molar-refractivity contribution in [2.75, 3.05) is 47.4 Å². The zero-order valence-electron chi connectivity index (χ0n) is 12.7. The molecule has 0 spiro atoms. The molecule has 116 valence electrons. The molecule has 1 fully saturated rings. The highest BCUT2D eigenvalue weighted by Gasteiger charge is 2.21. The van der Waals surface area contributed by atoms with Gasteiger partial charge in [-0.15, -0.1) is 0 Å². The van der Waals surface area contributed by atoms with Gasteiger partial charge in [-0.3, -0.25) is 4.79 Å². The highest BCUT2D eigenvalue weighted by atomic mass is 79.9. The van der Waals surface area contributed by atoms with Crippen LogP contribution in [0.3, 0.4) is 0 Å². The summed E-state index contributed by atoms with van der Waals surface area (Å²) in [5.41, 5.74) is 0.594. The SMILES string of the molecule is COc1cc(C(=O)N2CCCN(C)CC2)cc(OC)c1Br. The summed E-state index contributed by atoms with van der Waals surface area (Å²) in [4.78, 5) is 16.8. The minimum absolute atomic E-state index is 0.0226. The van der Waals surface area contributed by atoms with Gasteiger partial charge in [0.15, 0.2) is 0 Å². The minimum Gasteiger partial charge on any atom is -0.495 e. The minimum atomic E-state index is 0.0226. The first-order valence-electron chi connectivity index (χ1n) is 6.96. The number of carbonyl (C=O) groups excluding carboxylic acids is 1. The van der Waals surface area contributed by atoms with Gasteiger partial charge in [0.05, 0.1) is 14.2 Å². The molecular weight excluding hydrogens is 336 g/mol. The van der Waals surface area contributed by atoms with Crippen molar-refractivity contribution < 1.29 is 14.3 Å². The second-order valence-corrected chi connectivity index (χ2v) is 5.94. The standard InChI is InChI=1S/C15H21BrN2O3/c1-17-5-4-6-18(8-7-17)15(19)11-9-12(20-2)14(16)13(10-11)21-3/h9-10H,4-8H2,1-3H3. The molecule has 1 saturated heterocycles. The predicted octanol–water partition coefficient (Wildman–Crippen LogP) is 2.24. The molecule has 1 aromatic rings. The summed E-state index contributed by atoms with van der Waals surface area (Å²) in [6.45, 7) is 3.45. The summed E-state index contributed by atoms with van der Waals surface area (Å²) in [6.07, 6.45) is 0.993. The molecular formula is C15H21BrN2O3. The van der Waals surface area contributed by atoms with E-state index in [0.717, 1.165) is 37.1 Å². The van der Waals surface area contributed by atoms with Crippen LogP contribution < -0.4 is 9.47 Å². The average Bonchev–Trinajstić information content (AvgIpc) is 2.71. The lowest BCUT2D eigenvalue weighted by molar-refractivity contribution is 0.0762. The number of nitrogens with zero attached hydrogens (tertiary/aromatic N) is 2. The third-order valence-electron chi connectivity index (χ3n) is 3.70. The molecule has 0 unspecified atom stereocenters. The van der Waals surface area contributed by atoms with E-state index in [2.05, 4.69) is 27.9 Å². The normalized spacial score (nSPS) is 16.5. The van der Waals surface area contributed by atoms with Gasteiger partial charge < -0.3 is 19.3 Å². The van der Waals surface area contributed by atoms with Gasteiger partial charge in [0, 0.05) is 25.2 Å². The summed E-state index contributed by atoms with van der Waals surface area (Å²) in [5, 5.41) is 0. The zero-order valence-corrected chi connectivity index (χ0v) is 14.3. The highest BCUT2D eigenvalue weighted by Crippen LogP contribution is 2.36. The molecule has 1 amide bonds. The number of amides is 1. The molecule has 5 nitrogen and oxygen atoms in total. The van der Waals surface area contributed by atoms with Gasteiger partial charge >= 0.3 is 0 Å². The molecule has 1 aliphatic heterocycles. The molecule has 0 saturated carbocycles. The Morgan fingerprint density at radius 3 is 2.29 bits per heavy atom. The molecule has 0 bridgehead atoms. The van der Waals surface area contributed by atoms with Crippen LogP contribution in [0.4, 0.5) is 0 Å². The van der Waals surface area contributed by atoms with Crippen LogP contribution >= 0.6 is 15.9 Å². The number of hydrogen-bond donors (Lipinski definition) is 0. The molecule has 0 N–H and O–H groups in total. The molecule has 0 radical (unpaired) electrons. The smallest absolute Gasteiger partial charge is 0.254 e. The maximum absolute atomic E-state index is 12.7. The van der Waals surface area contributed by atoms with Crippen LogP contribution in [-0.4, -0.2) is 63.2 Å². The van der Waals surface area contributed by atoms with E-state index >= 15 is 0 Å². The first-order valence-corrected chi connectivity index (χ1v) is 7.75. The third kappa shape index (κ3) is 3.68. The maximum Gasteiger partial charge on any atom is 0.254 e. The molecule has 21 heavy (non-hydrogen) atoms. The fourth-order valence-electron chi connectivity index (χ4n) is 2.43. The van der Waals surface area contributed by atoms with Gasteiger partial charge in [-0.1, -0.05) is 0 Å². The van der Waals surface area contributed by atoms with E-state index in [1.54, 1.807) is 26.4 Å². The van der Waals surface area contributed by atoms with E-state index in [9.17, 15) is 4.79 Å². The first kappa shape index (κ1) is 16.1. The van der Waals surface area contributed by atoms with Gasteiger partial charge in [-0.25, -0.2) is 0 Å². The summed E-state index contributed by atoms with van der Waals surface area (Å²) >= 11 is 3.42. The fourth-order valence-corrected chi connectivity index (χ4v) is 2.98. The second kappa shape index (κ2) is 7.13. The van der Waals surface area contributed by atoms with Crippen molar-refractivity contribution in [3.05, 3.63) is 22.2 Å². The number of carbonyl (C=O) groups is 1. The van der Waals surface area contributed by atoms with Crippen LogP contribution in [0.25, 0.3) is 0 Å². The van der Waals surface area contributed by atoms with E-state index in [0.29, 0.717) is 17.1 Å². The largest absolute Gasteiger partial charge is 0.495 e. The van der Waals surface area contributed by atoms with E-state index in [1.807, 2.05) is 4.90 Å². The van der Waals surface area contributed by atoms with Gasteiger partial charge in [0.2, 0.25) is 0 Å². The number of halogens is 1. The Hall–Kier alpha value is -1.27. The summed E-state index contributed by atoms with van der Waals surface area (Å²) in [5.74, 6) is 1.23. The molecule has 1 aromatic carbocycles. The lowest BCUT2D eigenvalue weighted by Crippen LogP contribution is -2.34. The molecule has 0 atom stereocenters. The van der Waals surface area contributed by atoms with Crippen molar-refractivity contribution in [3.63, 3.8) is 0 Å². The summed E-state index contributed by atoms with van der Waals surface area (Å²) in [6, 6.07) is 3.51. The maximum atomic E-state index is 12.7. The van der Waals surface area contributed by atoms with Crippen LogP contribution in [-0.2, 0) is 0 Å². The number of likely N-dealkylation sites (N-methyl/N-ethyl adjacent to an activating group) is 1. The van der Waals surface area contributed by atoms with Gasteiger partial charge in [-0.05, 0) is 48.1 Å². The molecule has 0 aromatic heterocycles. The predicted molar refractivity (Wildman–Crippen MR) is 85.3 cm³/mol. The van der Waals surface area contributed by atoms with E-state index in [-0.39, 0.29) is 5.91 Å². The first-order chi connectivity index (χ1) is 10.1. The molecule has 1 heterocycles. The number of methoxy groups -OCH3 is 2. The van der Waals surface area contributed by atoms with Crippen LogP contribution in [0.15, 0.2) is 16.6 Å². The van der Waals surface area contributed by atoms with Crippen LogP contribution in [0.5, 0.6) is 11.5 Å². The summed E-state index contributed by atoms with van der Waals surface area (Å²) in [7, 11) is 5.24. The topological polar surface area (TPSA) is 42.0 Å². The summed E-state index contributed by atoms with van der Waals surface area (Å²) < 4.78 is 11.3. The number of hydrogen-bond acceptors (Lipinski definition) is 4. The Morgan fingerprint density at radius 1 is 1.10 bits per heavy atom. The Morgan fingerprint density at radius 2 is 1.71 bits per heavy atom. The van der Waals surface area contributed by atoms with Crippen molar-refractivity contribution in [2.24, 2.45) is 0 Å². The number of benzene rings is 1. The second-order valence-electron chi connectivity index (χ2n) is 5.14. The molecule has 0 aliphatic carbocycles. The lowest BCUT2D eigenvalue weighted by atomic mass is 10.1. The zero-order chi connectivity index (χ0) is 15.4.